The van der Waals surface area contributed by atoms with Crippen molar-refractivity contribution in [3.63, 3.8) is 0 Å². The zero-order valence-corrected chi connectivity index (χ0v) is 21.8. The monoisotopic (exact) mass is 594 g/mol. The van der Waals surface area contributed by atoms with Crippen molar-refractivity contribution < 1.29 is 66.1 Å². The number of phenols is 1. The first-order valence-corrected chi connectivity index (χ1v) is 12.7. The Morgan fingerprint density at radius 1 is 1.12 bits per heavy atom. The molecule has 0 saturated carbocycles. The Morgan fingerprint density at radius 3 is 2.10 bits per heavy atom. The van der Waals surface area contributed by atoms with Gasteiger partial charge in [-0.05, 0) is 39.1 Å². The lowest BCUT2D eigenvalue weighted by molar-refractivity contribution is -0.151. The van der Waals surface area contributed by atoms with Crippen molar-refractivity contribution in [3.05, 3.63) is 52.0 Å². The summed E-state index contributed by atoms with van der Waals surface area (Å²) in [6.45, 7) is 1.40. The van der Waals surface area contributed by atoms with Crippen molar-refractivity contribution in [2.75, 3.05) is 14.1 Å². The van der Waals surface area contributed by atoms with Crippen LogP contribution in [0.4, 0.5) is 13.2 Å². The number of benzene rings is 1. The van der Waals surface area contributed by atoms with Crippen LogP contribution in [0.2, 0.25) is 0 Å². The van der Waals surface area contributed by atoms with E-state index in [4.69, 9.17) is 18.7 Å². The van der Waals surface area contributed by atoms with E-state index in [1.807, 2.05) is 0 Å². The summed E-state index contributed by atoms with van der Waals surface area (Å²) in [4.78, 5) is 39.9. The number of likely N-dealkylation sites (N-methyl/N-ethyl adjacent to an activating group) is 1. The summed E-state index contributed by atoms with van der Waals surface area (Å²) in [5, 5.41) is 55.0. The minimum absolute atomic E-state index is 0.135. The topological polar surface area (TPSA) is 236 Å². The van der Waals surface area contributed by atoms with Gasteiger partial charge in [0.25, 0.3) is 5.91 Å². The number of aromatic hydroxyl groups is 1. The van der Waals surface area contributed by atoms with E-state index in [1.165, 1.54) is 44.1 Å². The molecule has 0 bridgehead atoms. The van der Waals surface area contributed by atoms with E-state index < -0.39 is 90.6 Å². The number of nitrogens with two attached hydrogens (primary N) is 1. The number of aliphatic hydroxyl groups is 4. The van der Waals surface area contributed by atoms with Crippen molar-refractivity contribution in [1.29, 1.82) is 0 Å². The number of hydrogen-bond donors (Lipinski definition) is 7. The lowest BCUT2D eigenvalue weighted by Crippen LogP contribution is -2.65. The molecule has 0 aromatic heterocycles. The lowest BCUT2D eigenvalue weighted by atomic mass is 9.55. The molecule has 13 nitrogen and oxygen atoms in total. The molecular weight excluding hydrogens is 569 g/mol. The van der Waals surface area contributed by atoms with Gasteiger partial charge in [-0.25, -0.2) is 0 Å². The van der Waals surface area contributed by atoms with Crippen LogP contribution in [0.15, 0.2) is 40.9 Å². The van der Waals surface area contributed by atoms with Gasteiger partial charge in [0.2, 0.25) is 5.78 Å². The number of ketones is 2. The fourth-order valence-corrected chi connectivity index (χ4v) is 5.51. The van der Waals surface area contributed by atoms with Gasteiger partial charge in [0.05, 0.1) is 17.2 Å². The van der Waals surface area contributed by atoms with Gasteiger partial charge < -0.3 is 31.3 Å². The second-order valence-corrected chi connectivity index (χ2v) is 11.3. The number of alkyl halides is 3. The highest BCUT2D eigenvalue weighted by Crippen LogP contribution is 2.56. The zero-order valence-electron chi connectivity index (χ0n) is 21.0. The number of fused-ring (bicyclic) bond motifs is 3. The van der Waals surface area contributed by atoms with Crippen LogP contribution in [0.5, 0.6) is 5.75 Å². The molecule has 4 rings (SSSR count). The molecular formula is C23H25F3N2O11S. The molecule has 0 unspecified atom stereocenters. The first-order valence-electron chi connectivity index (χ1n) is 11.3. The number of carbonyl (C=O) groups is 3. The fraction of sp³-hybridized carbons (Fsp3) is 0.435. The normalized spacial score (nSPS) is 30.3. The third-order valence-electron chi connectivity index (χ3n) is 7.31. The number of halogens is 3. The molecule has 5 atom stereocenters. The van der Waals surface area contributed by atoms with E-state index in [1.54, 1.807) is 0 Å². The maximum Gasteiger partial charge on any atom is 0.522 e. The number of nitrogens with zero attached hydrogens (tertiary/aromatic N) is 1. The Balaban J connectivity index is 0.000000482. The molecule has 17 heteroatoms. The summed E-state index contributed by atoms with van der Waals surface area (Å²) in [5.41, 5.74) is -6.19. The molecule has 40 heavy (non-hydrogen) atoms. The predicted molar refractivity (Wildman–Crippen MR) is 127 cm³/mol. The molecule has 1 aromatic carbocycles. The third kappa shape index (κ3) is 4.43. The van der Waals surface area contributed by atoms with Crippen LogP contribution >= 0.6 is 0 Å². The van der Waals surface area contributed by atoms with Gasteiger partial charge in [-0.1, -0.05) is 12.1 Å². The molecule has 1 amide bonds. The van der Waals surface area contributed by atoms with Gasteiger partial charge in [-0.15, -0.1) is 0 Å². The third-order valence-corrected chi connectivity index (χ3v) is 7.90. The van der Waals surface area contributed by atoms with Crippen molar-refractivity contribution in [1.82, 2.24) is 4.90 Å². The molecule has 0 radical (unpaired) electrons. The van der Waals surface area contributed by atoms with Gasteiger partial charge in [-0.3, -0.25) is 23.8 Å². The van der Waals surface area contributed by atoms with Crippen LogP contribution in [0.25, 0.3) is 0 Å². The number of rotatable bonds is 2. The van der Waals surface area contributed by atoms with Gasteiger partial charge in [0.1, 0.15) is 22.8 Å². The number of aliphatic hydroxyl groups excluding tert-OH is 2. The molecule has 3 aliphatic carbocycles. The average molecular weight is 595 g/mol. The first kappa shape index (κ1) is 31.0. The molecule has 8 N–H and O–H groups in total. The van der Waals surface area contributed by atoms with Crippen molar-refractivity contribution >= 4 is 27.6 Å². The Hall–Kier alpha value is -3.51. The maximum absolute atomic E-state index is 13.3. The van der Waals surface area contributed by atoms with E-state index in [-0.39, 0.29) is 17.5 Å². The summed E-state index contributed by atoms with van der Waals surface area (Å²) in [6, 6.07) is 3.05. The summed E-state index contributed by atoms with van der Waals surface area (Å²) in [5.74, 6) is -7.89. The minimum Gasteiger partial charge on any atom is -0.510 e. The standard InChI is InChI=1S/C22H24N2O8.CHF3O3S/c1-21(31)8-5-4-6-11(25)12(8)16(26)13-9(21)7-10-15(24(2)3)17(27)14(20(23)30)19(29)22(10,32)18(13)28;2-1(3,4)8(5,6)7/h4-6,9-10,15,25,27-28,31-32H,7H2,1-3H3,(H2,23,30);(H,5,6,7)/t9-,10-,15-,21+,22-;/m0./s1. The van der Waals surface area contributed by atoms with Crippen molar-refractivity contribution in [2.45, 2.75) is 36.1 Å². The summed E-state index contributed by atoms with van der Waals surface area (Å²) < 4.78 is 57.5. The molecule has 0 heterocycles. The van der Waals surface area contributed by atoms with Crippen molar-refractivity contribution in [2.24, 2.45) is 17.6 Å². The van der Waals surface area contributed by atoms with Gasteiger partial charge in [0.15, 0.2) is 11.4 Å². The van der Waals surface area contributed by atoms with E-state index in [0.717, 1.165) is 0 Å². The molecule has 3 aliphatic rings. The molecule has 0 saturated heterocycles. The molecule has 0 aliphatic heterocycles. The van der Waals surface area contributed by atoms with Gasteiger partial charge in [0, 0.05) is 17.4 Å². The quantitative estimate of drug-likeness (QED) is 0.138. The first-order chi connectivity index (χ1) is 18.0. The number of carbonyl (C=O) groups excluding carboxylic acids is 3. The van der Waals surface area contributed by atoms with Crippen LogP contribution in [0.1, 0.15) is 29.3 Å². The second kappa shape index (κ2) is 9.55. The molecule has 220 valence electrons. The average Bonchev–Trinajstić information content (AvgIpc) is 2.78. The highest BCUT2D eigenvalue weighted by Gasteiger charge is 2.65. The fourth-order valence-electron chi connectivity index (χ4n) is 5.51. The Morgan fingerprint density at radius 2 is 1.65 bits per heavy atom. The van der Waals surface area contributed by atoms with Gasteiger partial charge >= 0.3 is 15.6 Å². The highest BCUT2D eigenvalue weighted by atomic mass is 32.2. The number of primary amides is 1. The van der Waals surface area contributed by atoms with Gasteiger partial charge in [-0.2, -0.15) is 21.6 Å². The summed E-state index contributed by atoms with van der Waals surface area (Å²) in [7, 11) is -2.78. The molecule has 1 aromatic rings. The predicted octanol–water partition coefficient (Wildman–Crippen LogP) is 0.180. The number of hydrogen-bond acceptors (Lipinski definition) is 11. The Labute approximate surface area is 224 Å². The SMILES string of the molecule is CN(C)[C@@H]1C(O)=C(C(N)=O)C(=O)[C@@]2(O)C(O)=C3C(=O)c4c(O)cccc4[C@@](C)(O)[C@H]3C[C@@H]12.O=S(=O)(O)C(F)(F)F. The van der Waals surface area contributed by atoms with E-state index in [9.17, 15) is 53.1 Å². The smallest absolute Gasteiger partial charge is 0.510 e. The zero-order chi connectivity index (χ0) is 30.9. The minimum atomic E-state index is -5.84. The van der Waals surface area contributed by atoms with Crippen LogP contribution in [0.3, 0.4) is 0 Å². The van der Waals surface area contributed by atoms with Crippen LogP contribution in [-0.2, 0) is 25.3 Å². The second-order valence-electron chi connectivity index (χ2n) is 9.88. The largest absolute Gasteiger partial charge is 0.522 e. The van der Waals surface area contributed by atoms with E-state index in [0.29, 0.717) is 0 Å². The number of phenolic OH excluding ortho intramolecular Hbond substituents is 1. The van der Waals surface area contributed by atoms with Crippen molar-refractivity contribution in [3.8, 4) is 5.75 Å². The van der Waals surface area contributed by atoms with Crippen LogP contribution < -0.4 is 5.73 Å². The number of Topliss-reactive ketones (excluding diaryl/α,β-unsaturated/α-hetero) is 2. The molecule has 0 spiro atoms. The lowest BCUT2D eigenvalue weighted by Gasteiger charge is -2.52. The van der Waals surface area contributed by atoms with E-state index in [2.05, 4.69) is 0 Å². The number of amides is 1. The Kier molecular flexibility index (Phi) is 7.41. The summed E-state index contributed by atoms with van der Waals surface area (Å²) >= 11 is 0. The maximum atomic E-state index is 13.3. The van der Waals surface area contributed by atoms with Crippen LogP contribution in [-0.4, -0.2) is 92.1 Å². The van der Waals surface area contributed by atoms with E-state index >= 15 is 0 Å². The highest BCUT2D eigenvalue weighted by molar-refractivity contribution is 7.86. The molecule has 0 fully saturated rings. The summed E-state index contributed by atoms with van der Waals surface area (Å²) in [6.07, 6.45) is -0.200. The Bertz CT molecular complexity index is 1480. The van der Waals surface area contributed by atoms with Crippen LogP contribution in [0, 0.1) is 11.8 Å².